The minimum Gasteiger partial charge on any atom is -0.376 e. The average Bonchev–Trinajstić information content (AvgIpc) is 3.64. The summed E-state index contributed by atoms with van der Waals surface area (Å²) < 4.78 is 40.1. The molecule has 1 heterocycles. The summed E-state index contributed by atoms with van der Waals surface area (Å²) in [6, 6.07) is 11.5. The van der Waals surface area contributed by atoms with E-state index in [1.54, 1.807) is 6.20 Å². The molecule has 1 amide bonds. The second-order valence-electron chi connectivity index (χ2n) is 9.00. The molecule has 3 atom stereocenters. The molecule has 1 aromatic heterocycles. The van der Waals surface area contributed by atoms with Crippen LogP contribution < -0.4 is 0 Å². The Kier molecular flexibility index (Phi) is 6.30. The van der Waals surface area contributed by atoms with E-state index in [9.17, 15) is 23.1 Å². The van der Waals surface area contributed by atoms with E-state index in [1.807, 2.05) is 23.1 Å². The van der Waals surface area contributed by atoms with Crippen molar-refractivity contribution < 1.29 is 23.1 Å². The van der Waals surface area contributed by atoms with Gasteiger partial charge in [-0.05, 0) is 68.4 Å². The number of halogens is 3. The highest BCUT2D eigenvalue weighted by molar-refractivity contribution is 5.95. The maximum Gasteiger partial charge on any atom is 0.421 e. The number of carbonyl (C=O) groups is 1. The fourth-order valence-corrected chi connectivity index (χ4v) is 4.89. The van der Waals surface area contributed by atoms with Crippen molar-refractivity contribution >= 4 is 5.91 Å². The lowest BCUT2D eigenvalue weighted by Gasteiger charge is -2.38. The summed E-state index contributed by atoms with van der Waals surface area (Å²) in [5.74, 6) is 0.162. The standard InChI is InChI=1S/C25H29F3N2O2/c1-2-24(32,25(26,27)28)19-11-9-17(10-12-19)23(31)30(20-13-14-20)21-7-5-6-18(16-21)22-8-3-4-15-29-22/h3-4,8-12,15,18,20-21,32H,2,5-7,13-14,16H2,1H3/t18-,21+,24-/m0/s1. The van der Waals surface area contributed by atoms with Gasteiger partial charge in [0.1, 0.15) is 0 Å². The molecule has 0 unspecified atom stereocenters. The quantitative estimate of drug-likeness (QED) is 0.631. The van der Waals surface area contributed by atoms with Crippen LogP contribution in [0.25, 0.3) is 0 Å². The first kappa shape index (κ1) is 22.8. The van der Waals surface area contributed by atoms with Crippen LogP contribution >= 0.6 is 0 Å². The minimum absolute atomic E-state index is 0.0955. The fraction of sp³-hybridized carbons (Fsp3) is 0.520. The van der Waals surface area contributed by atoms with E-state index in [4.69, 9.17) is 0 Å². The first-order valence-electron chi connectivity index (χ1n) is 11.4. The van der Waals surface area contributed by atoms with Gasteiger partial charge in [-0.25, -0.2) is 0 Å². The normalized spacial score (nSPS) is 23.4. The van der Waals surface area contributed by atoms with Crippen LogP contribution in [0.15, 0.2) is 48.7 Å². The molecule has 1 aromatic carbocycles. The first-order chi connectivity index (χ1) is 15.2. The molecule has 0 bridgehead atoms. The van der Waals surface area contributed by atoms with Gasteiger partial charge in [0.05, 0.1) is 0 Å². The summed E-state index contributed by atoms with van der Waals surface area (Å²) in [5, 5.41) is 10.2. The summed E-state index contributed by atoms with van der Waals surface area (Å²) in [7, 11) is 0. The van der Waals surface area contributed by atoms with E-state index < -0.39 is 18.2 Å². The Morgan fingerprint density at radius 3 is 2.34 bits per heavy atom. The van der Waals surface area contributed by atoms with Crippen LogP contribution in [0.5, 0.6) is 0 Å². The molecule has 2 aliphatic rings. The Morgan fingerprint density at radius 1 is 1.06 bits per heavy atom. The molecule has 172 valence electrons. The zero-order valence-electron chi connectivity index (χ0n) is 18.2. The van der Waals surface area contributed by atoms with Gasteiger partial charge in [-0.2, -0.15) is 13.2 Å². The van der Waals surface area contributed by atoms with Gasteiger partial charge in [0.2, 0.25) is 0 Å². The summed E-state index contributed by atoms with van der Waals surface area (Å²) in [5.41, 5.74) is -1.74. The third-order valence-corrected chi connectivity index (χ3v) is 6.91. The first-order valence-corrected chi connectivity index (χ1v) is 11.4. The monoisotopic (exact) mass is 446 g/mol. The number of benzene rings is 1. The Balaban J connectivity index is 1.54. The highest BCUT2D eigenvalue weighted by Gasteiger charge is 2.53. The van der Waals surface area contributed by atoms with Crippen molar-refractivity contribution in [3.05, 3.63) is 65.5 Å². The third-order valence-electron chi connectivity index (χ3n) is 6.91. The molecular weight excluding hydrogens is 417 g/mol. The molecule has 2 fully saturated rings. The van der Waals surface area contributed by atoms with Crippen LogP contribution in [0.4, 0.5) is 13.2 Å². The Morgan fingerprint density at radius 2 is 1.78 bits per heavy atom. The van der Waals surface area contributed by atoms with E-state index in [2.05, 4.69) is 4.98 Å². The smallest absolute Gasteiger partial charge is 0.376 e. The highest BCUT2D eigenvalue weighted by Crippen LogP contribution is 2.42. The number of aromatic nitrogens is 1. The summed E-state index contributed by atoms with van der Waals surface area (Å²) >= 11 is 0. The number of amides is 1. The zero-order valence-corrected chi connectivity index (χ0v) is 18.2. The summed E-state index contributed by atoms with van der Waals surface area (Å²) in [6.45, 7) is 1.29. The van der Waals surface area contributed by atoms with Crippen LogP contribution in [-0.4, -0.2) is 39.2 Å². The van der Waals surface area contributed by atoms with E-state index >= 15 is 0 Å². The molecule has 4 rings (SSSR count). The van der Waals surface area contributed by atoms with Crippen LogP contribution in [0.2, 0.25) is 0 Å². The average molecular weight is 447 g/mol. The molecule has 32 heavy (non-hydrogen) atoms. The summed E-state index contributed by atoms with van der Waals surface area (Å²) in [6.07, 6.45) is 2.26. The van der Waals surface area contributed by atoms with Gasteiger partial charge in [-0.3, -0.25) is 9.78 Å². The molecule has 2 aromatic rings. The lowest BCUT2D eigenvalue weighted by Crippen LogP contribution is -2.44. The lowest BCUT2D eigenvalue weighted by molar-refractivity contribution is -0.267. The molecule has 4 nitrogen and oxygen atoms in total. The van der Waals surface area contributed by atoms with Crippen molar-refractivity contribution in [2.45, 2.75) is 81.6 Å². The van der Waals surface area contributed by atoms with Crippen LogP contribution in [0, 0.1) is 0 Å². The Labute approximate surface area is 186 Å². The molecular formula is C25H29F3N2O2. The number of alkyl halides is 3. The molecule has 2 saturated carbocycles. The van der Waals surface area contributed by atoms with E-state index in [-0.39, 0.29) is 23.6 Å². The largest absolute Gasteiger partial charge is 0.421 e. The highest BCUT2D eigenvalue weighted by atomic mass is 19.4. The van der Waals surface area contributed by atoms with Crippen molar-refractivity contribution in [2.75, 3.05) is 0 Å². The molecule has 0 spiro atoms. The van der Waals surface area contributed by atoms with Gasteiger partial charge < -0.3 is 10.0 Å². The van der Waals surface area contributed by atoms with Crippen molar-refractivity contribution in [1.82, 2.24) is 9.88 Å². The zero-order chi connectivity index (χ0) is 22.9. The molecule has 0 aliphatic heterocycles. The Hall–Kier alpha value is -2.41. The van der Waals surface area contributed by atoms with E-state index in [0.29, 0.717) is 11.5 Å². The summed E-state index contributed by atoms with van der Waals surface area (Å²) in [4.78, 5) is 19.9. The van der Waals surface area contributed by atoms with Gasteiger partial charge in [0.25, 0.3) is 5.91 Å². The minimum atomic E-state index is -4.78. The van der Waals surface area contributed by atoms with Crippen molar-refractivity contribution in [3.8, 4) is 0 Å². The third kappa shape index (κ3) is 4.40. The van der Waals surface area contributed by atoms with Crippen molar-refractivity contribution in [3.63, 3.8) is 0 Å². The molecule has 0 radical (unpaired) electrons. The number of nitrogens with zero attached hydrogens (tertiary/aromatic N) is 2. The fourth-order valence-electron chi connectivity index (χ4n) is 4.89. The predicted molar refractivity (Wildman–Crippen MR) is 115 cm³/mol. The molecule has 1 N–H and O–H groups in total. The maximum atomic E-state index is 13.4. The van der Waals surface area contributed by atoms with Crippen molar-refractivity contribution in [1.29, 1.82) is 0 Å². The van der Waals surface area contributed by atoms with Gasteiger partial charge in [-0.15, -0.1) is 0 Å². The molecule has 7 heteroatoms. The van der Waals surface area contributed by atoms with E-state index in [0.717, 1.165) is 44.2 Å². The number of pyridine rings is 1. The maximum absolute atomic E-state index is 13.4. The SMILES string of the molecule is CC[C@](O)(c1ccc(C(=O)N(C2CC2)[C@@H]2CCC[C@H](c3ccccn3)C2)cc1)C(F)(F)F. The predicted octanol–water partition coefficient (Wildman–Crippen LogP) is 5.57. The topological polar surface area (TPSA) is 53.4 Å². The van der Waals surface area contributed by atoms with Gasteiger partial charge >= 0.3 is 6.18 Å². The van der Waals surface area contributed by atoms with Gasteiger partial charge in [0, 0.05) is 35.5 Å². The van der Waals surface area contributed by atoms with Crippen molar-refractivity contribution in [2.24, 2.45) is 0 Å². The Bertz CT molecular complexity index is 928. The number of aliphatic hydroxyl groups is 1. The lowest BCUT2D eigenvalue weighted by atomic mass is 9.82. The number of hydrogen-bond donors (Lipinski definition) is 1. The molecule has 2 aliphatic carbocycles. The van der Waals surface area contributed by atoms with E-state index in [1.165, 1.54) is 31.2 Å². The van der Waals surface area contributed by atoms with Gasteiger partial charge in [0.15, 0.2) is 5.60 Å². The van der Waals surface area contributed by atoms with Crippen LogP contribution in [-0.2, 0) is 5.60 Å². The molecule has 0 saturated heterocycles. The number of hydrogen-bond acceptors (Lipinski definition) is 3. The van der Waals surface area contributed by atoms with Crippen LogP contribution in [0.1, 0.15) is 79.4 Å². The number of carbonyl (C=O) groups excluding carboxylic acids is 1. The second-order valence-corrected chi connectivity index (χ2v) is 9.00. The second kappa shape index (κ2) is 8.85. The van der Waals surface area contributed by atoms with Gasteiger partial charge in [-0.1, -0.05) is 31.5 Å². The van der Waals surface area contributed by atoms with Crippen LogP contribution in [0.3, 0.4) is 0 Å². The number of rotatable bonds is 6.